The molecule has 2 aromatic carbocycles. The molecule has 0 aromatic heterocycles. The third-order valence-corrected chi connectivity index (χ3v) is 6.69. The Hall–Kier alpha value is -2.38. The Morgan fingerprint density at radius 1 is 1.00 bits per heavy atom. The zero-order valence-electron chi connectivity index (χ0n) is 16.2. The van der Waals surface area contributed by atoms with Crippen molar-refractivity contribution in [2.75, 3.05) is 18.4 Å². The Bertz CT molecular complexity index is 902. The molecule has 3 rings (SSSR count). The zero-order valence-corrected chi connectivity index (χ0v) is 17.0. The van der Waals surface area contributed by atoms with Gasteiger partial charge in [0, 0.05) is 18.8 Å². The second-order valence-corrected chi connectivity index (χ2v) is 8.99. The number of anilines is 1. The highest BCUT2D eigenvalue weighted by molar-refractivity contribution is 7.89. The molecule has 7 heteroatoms. The van der Waals surface area contributed by atoms with Crippen LogP contribution in [0.3, 0.4) is 0 Å². The van der Waals surface area contributed by atoms with Crippen LogP contribution in [0.4, 0.5) is 5.69 Å². The number of nitrogens with one attached hydrogen (secondary N) is 1. The Morgan fingerprint density at radius 2 is 1.61 bits per heavy atom. The Kier molecular flexibility index (Phi) is 6.36. The smallest absolute Gasteiger partial charge is 0.265 e. The molecule has 1 aliphatic rings. The van der Waals surface area contributed by atoms with E-state index >= 15 is 0 Å². The molecule has 0 spiro atoms. The molecule has 1 atom stereocenters. The molecule has 28 heavy (non-hydrogen) atoms. The summed E-state index contributed by atoms with van der Waals surface area (Å²) >= 11 is 0. The quantitative estimate of drug-likeness (QED) is 0.801. The molecule has 1 saturated heterocycles. The molecule has 1 heterocycles. The number of rotatable bonds is 6. The van der Waals surface area contributed by atoms with Crippen LogP contribution in [0.2, 0.25) is 0 Å². The third-order valence-electron chi connectivity index (χ3n) is 4.78. The lowest BCUT2D eigenvalue weighted by molar-refractivity contribution is -0.122. The van der Waals surface area contributed by atoms with Crippen molar-refractivity contribution < 1.29 is 17.9 Å². The van der Waals surface area contributed by atoms with Crippen LogP contribution in [0.5, 0.6) is 5.75 Å². The van der Waals surface area contributed by atoms with Gasteiger partial charge in [-0.05, 0) is 63.1 Å². The molecule has 1 fully saturated rings. The van der Waals surface area contributed by atoms with Gasteiger partial charge in [-0.15, -0.1) is 0 Å². The summed E-state index contributed by atoms with van der Waals surface area (Å²) in [4.78, 5) is 12.6. The maximum Gasteiger partial charge on any atom is 0.265 e. The van der Waals surface area contributed by atoms with Crippen LogP contribution in [-0.2, 0) is 14.8 Å². The number of hydrogen-bond acceptors (Lipinski definition) is 4. The molecule has 1 amide bonds. The fourth-order valence-electron chi connectivity index (χ4n) is 3.08. The van der Waals surface area contributed by atoms with Crippen molar-refractivity contribution in [3.63, 3.8) is 0 Å². The monoisotopic (exact) mass is 402 g/mol. The van der Waals surface area contributed by atoms with Gasteiger partial charge >= 0.3 is 0 Å². The van der Waals surface area contributed by atoms with E-state index < -0.39 is 16.1 Å². The molecule has 0 unspecified atom stereocenters. The van der Waals surface area contributed by atoms with Gasteiger partial charge in [0.15, 0.2) is 6.10 Å². The first kappa shape index (κ1) is 20.4. The van der Waals surface area contributed by atoms with Gasteiger partial charge in [0.1, 0.15) is 5.75 Å². The van der Waals surface area contributed by atoms with Crippen molar-refractivity contribution in [1.29, 1.82) is 0 Å². The number of piperidine rings is 1. The molecule has 2 aromatic rings. The SMILES string of the molecule is Cc1ccc(O[C@H](C)C(=O)Nc2ccc(S(=O)(=O)N3CCCCC3)cc2)cc1. The summed E-state index contributed by atoms with van der Waals surface area (Å²) in [7, 11) is -3.47. The number of carbonyl (C=O) groups excluding carboxylic acids is 1. The van der Waals surface area contributed by atoms with Crippen LogP contribution in [0.15, 0.2) is 53.4 Å². The van der Waals surface area contributed by atoms with E-state index in [4.69, 9.17) is 4.74 Å². The van der Waals surface area contributed by atoms with Crippen LogP contribution in [0.25, 0.3) is 0 Å². The highest BCUT2D eigenvalue weighted by Crippen LogP contribution is 2.22. The largest absolute Gasteiger partial charge is 0.481 e. The molecule has 1 N–H and O–H groups in total. The second-order valence-electron chi connectivity index (χ2n) is 7.05. The molecule has 1 aliphatic heterocycles. The second kappa shape index (κ2) is 8.75. The minimum absolute atomic E-state index is 0.247. The molecular formula is C21H26N2O4S. The van der Waals surface area contributed by atoms with E-state index in [1.54, 1.807) is 19.1 Å². The van der Waals surface area contributed by atoms with Crippen LogP contribution in [0, 0.1) is 6.92 Å². The maximum atomic E-state index is 12.7. The van der Waals surface area contributed by atoms with Crippen molar-refractivity contribution in [2.24, 2.45) is 0 Å². The van der Waals surface area contributed by atoms with Gasteiger partial charge in [0.25, 0.3) is 5.91 Å². The molecule has 0 saturated carbocycles. The standard InChI is InChI=1S/C21H26N2O4S/c1-16-6-10-19(11-7-16)27-17(2)21(24)22-18-8-12-20(13-9-18)28(25,26)23-14-4-3-5-15-23/h6-13,17H,3-5,14-15H2,1-2H3,(H,22,24)/t17-/m1/s1. The number of sulfonamides is 1. The molecule has 0 bridgehead atoms. The minimum atomic E-state index is -3.47. The van der Waals surface area contributed by atoms with E-state index in [0.29, 0.717) is 24.5 Å². The summed E-state index contributed by atoms with van der Waals surface area (Å²) in [5.74, 6) is 0.323. The highest BCUT2D eigenvalue weighted by atomic mass is 32.2. The molecule has 150 valence electrons. The van der Waals surface area contributed by atoms with Gasteiger partial charge in [-0.1, -0.05) is 24.1 Å². The Balaban J connectivity index is 1.61. The maximum absolute atomic E-state index is 12.7. The predicted molar refractivity (Wildman–Crippen MR) is 109 cm³/mol. The highest BCUT2D eigenvalue weighted by Gasteiger charge is 2.25. The van der Waals surface area contributed by atoms with Gasteiger partial charge in [-0.2, -0.15) is 4.31 Å². The van der Waals surface area contributed by atoms with E-state index in [2.05, 4.69) is 5.32 Å². The molecule has 0 radical (unpaired) electrons. The lowest BCUT2D eigenvalue weighted by Gasteiger charge is -2.25. The third kappa shape index (κ3) is 4.91. The summed E-state index contributed by atoms with van der Waals surface area (Å²) < 4.78 is 32.5. The lowest BCUT2D eigenvalue weighted by Crippen LogP contribution is -2.35. The molecule has 6 nitrogen and oxygen atoms in total. The number of carbonyl (C=O) groups is 1. The number of nitrogens with zero attached hydrogens (tertiary/aromatic N) is 1. The lowest BCUT2D eigenvalue weighted by atomic mass is 10.2. The van der Waals surface area contributed by atoms with Gasteiger partial charge in [0.05, 0.1) is 4.90 Å². The van der Waals surface area contributed by atoms with Crippen molar-refractivity contribution in [3.8, 4) is 5.75 Å². The first-order valence-electron chi connectivity index (χ1n) is 9.51. The van der Waals surface area contributed by atoms with Crippen molar-refractivity contribution in [2.45, 2.75) is 44.1 Å². The fourth-order valence-corrected chi connectivity index (χ4v) is 4.60. The summed E-state index contributed by atoms with van der Waals surface area (Å²) in [5.41, 5.74) is 1.64. The van der Waals surface area contributed by atoms with E-state index in [1.807, 2.05) is 31.2 Å². The van der Waals surface area contributed by atoms with E-state index in [-0.39, 0.29) is 10.8 Å². The number of ether oxygens (including phenoxy) is 1. The topological polar surface area (TPSA) is 75.7 Å². The van der Waals surface area contributed by atoms with E-state index in [0.717, 1.165) is 24.8 Å². The first-order valence-corrected chi connectivity index (χ1v) is 10.9. The molecular weight excluding hydrogens is 376 g/mol. The van der Waals surface area contributed by atoms with E-state index in [1.165, 1.54) is 16.4 Å². The van der Waals surface area contributed by atoms with Gasteiger partial charge in [0.2, 0.25) is 10.0 Å². The van der Waals surface area contributed by atoms with Crippen molar-refractivity contribution in [3.05, 3.63) is 54.1 Å². The number of aryl methyl sites for hydroxylation is 1. The normalized spacial score (nSPS) is 16.4. The van der Waals surface area contributed by atoms with Gasteiger partial charge in [-0.3, -0.25) is 4.79 Å². The Morgan fingerprint density at radius 3 is 2.21 bits per heavy atom. The summed E-state index contributed by atoms with van der Waals surface area (Å²) in [6.45, 7) is 4.78. The van der Waals surface area contributed by atoms with Crippen LogP contribution >= 0.6 is 0 Å². The summed E-state index contributed by atoms with van der Waals surface area (Å²) in [6.07, 6.45) is 2.18. The number of hydrogen-bond donors (Lipinski definition) is 1. The predicted octanol–water partition coefficient (Wildman–Crippen LogP) is 3.58. The Labute approximate surface area is 166 Å². The number of benzene rings is 2. The summed E-state index contributed by atoms with van der Waals surface area (Å²) in [5, 5.41) is 2.76. The number of amides is 1. The van der Waals surface area contributed by atoms with Gasteiger partial charge < -0.3 is 10.1 Å². The van der Waals surface area contributed by atoms with Crippen LogP contribution < -0.4 is 10.1 Å². The summed E-state index contributed by atoms with van der Waals surface area (Å²) in [6, 6.07) is 13.7. The minimum Gasteiger partial charge on any atom is -0.481 e. The first-order chi connectivity index (χ1) is 13.4. The van der Waals surface area contributed by atoms with Gasteiger partial charge in [-0.25, -0.2) is 8.42 Å². The zero-order chi connectivity index (χ0) is 20.1. The average Bonchev–Trinajstić information content (AvgIpc) is 2.70. The molecule has 0 aliphatic carbocycles. The van der Waals surface area contributed by atoms with Crippen LogP contribution in [-0.4, -0.2) is 37.8 Å². The van der Waals surface area contributed by atoms with E-state index in [9.17, 15) is 13.2 Å². The average molecular weight is 403 g/mol. The van der Waals surface area contributed by atoms with Crippen molar-refractivity contribution >= 4 is 21.6 Å². The van der Waals surface area contributed by atoms with Crippen LogP contribution in [0.1, 0.15) is 31.7 Å². The fraction of sp³-hybridized carbons (Fsp3) is 0.381. The van der Waals surface area contributed by atoms with Crippen molar-refractivity contribution in [1.82, 2.24) is 4.31 Å².